The van der Waals surface area contributed by atoms with Gasteiger partial charge in [-0.15, -0.1) is 0 Å². The van der Waals surface area contributed by atoms with Crippen LogP contribution in [-0.2, 0) is 0 Å². The molecule has 0 saturated carbocycles. The van der Waals surface area contributed by atoms with Crippen molar-refractivity contribution in [3.05, 3.63) is 64.6 Å². The Bertz CT molecular complexity index is 748. The van der Waals surface area contributed by atoms with Crippen molar-refractivity contribution < 1.29 is 0 Å². The Morgan fingerprint density at radius 2 is 1.80 bits per heavy atom. The highest BCUT2D eigenvalue weighted by Gasteiger charge is 2.11. The number of aryl methyl sites for hydroxylation is 1. The van der Waals surface area contributed by atoms with Gasteiger partial charge in [0.1, 0.15) is 5.82 Å². The molecular weight excluding hydrogens is 314 g/mol. The van der Waals surface area contributed by atoms with E-state index in [0.29, 0.717) is 5.82 Å². The number of halogens is 1. The van der Waals surface area contributed by atoms with Crippen molar-refractivity contribution in [1.29, 1.82) is 0 Å². The summed E-state index contributed by atoms with van der Waals surface area (Å²) in [5.74, 6) is 0.625. The molecule has 1 heterocycles. The molecule has 0 aliphatic rings. The van der Waals surface area contributed by atoms with Crippen LogP contribution in [-0.4, -0.2) is 9.78 Å². The van der Waals surface area contributed by atoms with Gasteiger partial charge in [0.15, 0.2) is 0 Å². The van der Waals surface area contributed by atoms with E-state index in [2.05, 4.69) is 40.1 Å². The molecular formula is C16H14BrN3. The maximum absolute atomic E-state index is 6.08. The Hall–Kier alpha value is -2.07. The number of nitrogen functional groups attached to an aromatic ring is 1. The lowest BCUT2D eigenvalue weighted by Gasteiger charge is -2.04. The van der Waals surface area contributed by atoms with Gasteiger partial charge in [-0.2, -0.15) is 5.10 Å². The summed E-state index contributed by atoms with van der Waals surface area (Å²) in [5.41, 5.74) is 10.1. The van der Waals surface area contributed by atoms with Crippen LogP contribution >= 0.6 is 15.9 Å². The Morgan fingerprint density at radius 1 is 1.05 bits per heavy atom. The van der Waals surface area contributed by atoms with Crippen molar-refractivity contribution in [2.24, 2.45) is 0 Å². The summed E-state index contributed by atoms with van der Waals surface area (Å²) < 4.78 is 2.77. The molecule has 2 aromatic carbocycles. The van der Waals surface area contributed by atoms with Crippen molar-refractivity contribution in [1.82, 2.24) is 9.78 Å². The fourth-order valence-corrected chi connectivity index (χ4v) is 2.59. The summed E-state index contributed by atoms with van der Waals surface area (Å²) in [5, 5.41) is 4.61. The van der Waals surface area contributed by atoms with Crippen molar-refractivity contribution >= 4 is 21.7 Å². The summed E-state index contributed by atoms with van der Waals surface area (Å²) in [6.07, 6.45) is 0. The minimum Gasteiger partial charge on any atom is -0.384 e. The molecule has 3 aromatic rings. The number of para-hydroxylation sites is 1. The molecule has 3 nitrogen and oxygen atoms in total. The van der Waals surface area contributed by atoms with E-state index in [-0.39, 0.29) is 0 Å². The summed E-state index contributed by atoms with van der Waals surface area (Å²) in [6, 6.07) is 18.0. The number of hydrogen-bond acceptors (Lipinski definition) is 2. The molecule has 0 aliphatic heterocycles. The lowest BCUT2D eigenvalue weighted by atomic mass is 10.1. The zero-order valence-electron chi connectivity index (χ0n) is 11.0. The van der Waals surface area contributed by atoms with Gasteiger partial charge in [-0.1, -0.05) is 45.8 Å². The molecule has 0 saturated heterocycles. The normalized spacial score (nSPS) is 10.7. The van der Waals surface area contributed by atoms with Crippen LogP contribution in [0.2, 0.25) is 0 Å². The fraction of sp³-hybridized carbons (Fsp3) is 0.0625. The van der Waals surface area contributed by atoms with Gasteiger partial charge in [-0.25, -0.2) is 4.68 Å². The van der Waals surface area contributed by atoms with Gasteiger partial charge in [0.25, 0.3) is 0 Å². The van der Waals surface area contributed by atoms with Crippen LogP contribution in [0, 0.1) is 6.92 Å². The predicted molar refractivity (Wildman–Crippen MR) is 85.8 cm³/mol. The van der Waals surface area contributed by atoms with Crippen molar-refractivity contribution in [3.63, 3.8) is 0 Å². The lowest BCUT2D eigenvalue weighted by Crippen LogP contribution is -2.01. The number of anilines is 1. The second-order valence-electron chi connectivity index (χ2n) is 4.69. The van der Waals surface area contributed by atoms with Crippen LogP contribution in [0.3, 0.4) is 0 Å². The number of nitrogens with zero attached hydrogens (tertiary/aromatic N) is 2. The van der Waals surface area contributed by atoms with E-state index >= 15 is 0 Å². The summed E-state index contributed by atoms with van der Waals surface area (Å²) >= 11 is 3.57. The average Bonchev–Trinajstić information content (AvgIpc) is 2.84. The number of nitrogens with two attached hydrogens (primary N) is 1. The maximum atomic E-state index is 6.08. The SMILES string of the molecule is Cc1ccc(Br)c(-c2cc(N)n(-c3ccccc3)n2)c1. The van der Waals surface area contributed by atoms with Crippen LogP contribution in [0.5, 0.6) is 0 Å². The first kappa shape index (κ1) is 12.9. The molecule has 1 aromatic heterocycles. The molecule has 3 rings (SSSR count). The van der Waals surface area contributed by atoms with Gasteiger partial charge < -0.3 is 5.73 Å². The number of aromatic nitrogens is 2. The molecule has 4 heteroatoms. The summed E-state index contributed by atoms with van der Waals surface area (Å²) in [6.45, 7) is 2.06. The Balaban J connectivity index is 2.11. The third kappa shape index (κ3) is 2.34. The first-order valence-electron chi connectivity index (χ1n) is 6.32. The smallest absolute Gasteiger partial charge is 0.127 e. The van der Waals surface area contributed by atoms with E-state index in [1.54, 1.807) is 4.68 Å². The highest BCUT2D eigenvalue weighted by molar-refractivity contribution is 9.10. The topological polar surface area (TPSA) is 43.8 Å². The fourth-order valence-electron chi connectivity index (χ4n) is 2.14. The van der Waals surface area contributed by atoms with E-state index in [9.17, 15) is 0 Å². The average molecular weight is 328 g/mol. The number of hydrogen-bond donors (Lipinski definition) is 1. The summed E-state index contributed by atoms with van der Waals surface area (Å²) in [4.78, 5) is 0. The van der Waals surface area contributed by atoms with Gasteiger partial charge in [0.2, 0.25) is 0 Å². The molecule has 100 valence electrons. The monoisotopic (exact) mass is 327 g/mol. The molecule has 0 fully saturated rings. The van der Waals surface area contributed by atoms with Crippen LogP contribution in [0.4, 0.5) is 5.82 Å². The van der Waals surface area contributed by atoms with Crippen LogP contribution in [0.1, 0.15) is 5.56 Å². The highest BCUT2D eigenvalue weighted by Crippen LogP contribution is 2.30. The van der Waals surface area contributed by atoms with Gasteiger partial charge in [0.05, 0.1) is 11.4 Å². The molecule has 0 amide bonds. The standard InChI is InChI=1S/C16H14BrN3/c1-11-7-8-14(17)13(9-11)15-10-16(18)20(19-15)12-5-3-2-4-6-12/h2-10H,18H2,1H3. The Morgan fingerprint density at radius 3 is 2.55 bits per heavy atom. The zero-order chi connectivity index (χ0) is 14.1. The van der Waals surface area contributed by atoms with E-state index in [1.165, 1.54) is 5.56 Å². The molecule has 0 bridgehead atoms. The van der Waals surface area contributed by atoms with Crippen molar-refractivity contribution in [3.8, 4) is 16.9 Å². The molecule has 20 heavy (non-hydrogen) atoms. The molecule has 0 spiro atoms. The quantitative estimate of drug-likeness (QED) is 0.766. The van der Waals surface area contributed by atoms with Gasteiger partial charge in [-0.3, -0.25) is 0 Å². The van der Waals surface area contributed by atoms with E-state index in [4.69, 9.17) is 5.73 Å². The van der Waals surface area contributed by atoms with Crippen molar-refractivity contribution in [2.75, 3.05) is 5.73 Å². The number of benzene rings is 2. The van der Waals surface area contributed by atoms with Crippen molar-refractivity contribution in [2.45, 2.75) is 6.92 Å². The predicted octanol–water partition coefficient (Wildman–Crippen LogP) is 4.19. The molecule has 2 N–H and O–H groups in total. The summed E-state index contributed by atoms with van der Waals surface area (Å²) in [7, 11) is 0. The Labute approximate surface area is 126 Å². The minimum absolute atomic E-state index is 0.625. The van der Waals surface area contributed by atoms with Gasteiger partial charge in [0, 0.05) is 16.1 Å². The molecule has 0 unspecified atom stereocenters. The van der Waals surface area contributed by atoms with Crippen LogP contribution in [0.25, 0.3) is 16.9 Å². The first-order valence-corrected chi connectivity index (χ1v) is 7.12. The minimum atomic E-state index is 0.625. The second-order valence-corrected chi connectivity index (χ2v) is 5.54. The van der Waals surface area contributed by atoms with Crippen LogP contribution in [0.15, 0.2) is 59.1 Å². The molecule has 0 aliphatic carbocycles. The third-order valence-corrected chi connectivity index (χ3v) is 3.83. The maximum Gasteiger partial charge on any atom is 0.127 e. The second kappa shape index (κ2) is 5.13. The van der Waals surface area contributed by atoms with Crippen LogP contribution < -0.4 is 5.73 Å². The first-order chi connectivity index (χ1) is 9.65. The van der Waals surface area contributed by atoms with Gasteiger partial charge >= 0.3 is 0 Å². The van der Waals surface area contributed by atoms with E-state index < -0.39 is 0 Å². The highest BCUT2D eigenvalue weighted by atomic mass is 79.9. The third-order valence-electron chi connectivity index (χ3n) is 3.14. The Kier molecular flexibility index (Phi) is 3.32. The lowest BCUT2D eigenvalue weighted by molar-refractivity contribution is 0.895. The number of rotatable bonds is 2. The largest absolute Gasteiger partial charge is 0.384 e. The zero-order valence-corrected chi connectivity index (χ0v) is 12.6. The molecule has 0 radical (unpaired) electrons. The van der Waals surface area contributed by atoms with E-state index in [0.717, 1.165) is 21.4 Å². The van der Waals surface area contributed by atoms with E-state index in [1.807, 2.05) is 42.5 Å². The molecule has 0 atom stereocenters. The van der Waals surface area contributed by atoms with Gasteiger partial charge in [-0.05, 0) is 31.2 Å².